The molecule has 1 aliphatic heterocycles. The Morgan fingerprint density at radius 1 is 1.54 bits per heavy atom. The number of ketones is 1. The molecule has 0 bridgehead atoms. The summed E-state index contributed by atoms with van der Waals surface area (Å²) < 4.78 is 0. The van der Waals surface area contributed by atoms with Crippen LogP contribution >= 0.6 is 0 Å². The number of carbonyl (C=O) groups excluding carboxylic acids is 1. The Hall–Kier alpha value is -1.16. The van der Waals surface area contributed by atoms with Crippen molar-refractivity contribution in [2.24, 2.45) is 0 Å². The van der Waals surface area contributed by atoms with Gasteiger partial charge in [0.2, 0.25) is 0 Å². The summed E-state index contributed by atoms with van der Waals surface area (Å²) in [4.78, 5) is 11.3. The van der Waals surface area contributed by atoms with E-state index < -0.39 is 0 Å². The third kappa shape index (κ3) is 1.78. The third-order valence-electron chi connectivity index (χ3n) is 2.37. The van der Waals surface area contributed by atoms with Crippen LogP contribution in [0.15, 0.2) is 12.4 Å². The van der Waals surface area contributed by atoms with E-state index in [-0.39, 0.29) is 12.1 Å². The molecule has 0 radical (unpaired) electrons. The van der Waals surface area contributed by atoms with E-state index in [4.69, 9.17) is 0 Å². The van der Waals surface area contributed by atoms with Crippen molar-refractivity contribution < 1.29 is 4.79 Å². The SMILES string of the molecule is CC1CC(=O)CC(c2cn[nH]c2)N1. The first-order valence-electron chi connectivity index (χ1n) is 4.52. The summed E-state index contributed by atoms with van der Waals surface area (Å²) in [5.41, 5.74) is 1.07. The van der Waals surface area contributed by atoms with E-state index in [1.807, 2.05) is 13.1 Å². The van der Waals surface area contributed by atoms with Crippen LogP contribution in [-0.2, 0) is 4.79 Å². The number of aromatic amines is 1. The maximum atomic E-state index is 11.3. The van der Waals surface area contributed by atoms with E-state index >= 15 is 0 Å². The van der Waals surface area contributed by atoms with Gasteiger partial charge in [0.15, 0.2) is 0 Å². The molecule has 2 rings (SSSR count). The molecule has 70 valence electrons. The quantitative estimate of drug-likeness (QED) is 0.670. The number of hydrogen-bond acceptors (Lipinski definition) is 3. The lowest BCUT2D eigenvalue weighted by molar-refractivity contribution is -0.121. The van der Waals surface area contributed by atoms with E-state index in [1.165, 1.54) is 0 Å². The molecule has 4 nitrogen and oxygen atoms in total. The first kappa shape index (κ1) is 8.44. The summed E-state index contributed by atoms with van der Waals surface area (Å²) in [5.74, 6) is 0.331. The minimum absolute atomic E-state index is 0.148. The molecule has 2 unspecified atom stereocenters. The lowest BCUT2D eigenvalue weighted by Crippen LogP contribution is -2.38. The maximum absolute atomic E-state index is 11.3. The fraction of sp³-hybridized carbons (Fsp3) is 0.556. The first-order valence-corrected chi connectivity index (χ1v) is 4.52. The van der Waals surface area contributed by atoms with Gasteiger partial charge in [0, 0.05) is 36.7 Å². The number of Topliss-reactive ketones (excluding diaryl/α,β-unsaturated/α-hetero) is 1. The van der Waals surface area contributed by atoms with Crippen molar-refractivity contribution in [3.05, 3.63) is 18.0 Å². The van der Waals surface area contributed by atoms with Crippen LogP contribution in [-0.4, -0.2) is 22.0 Å². The van der Waals surface area contributed by atoms with Gasteiger partial charge in [-0.2, -0.15) is 5.10 Å². The molecule has 13 heavy (non-hydrogen) atoms. The van der Waals surface area contributed by atoms with Crippen LogP contribution in [0.4, 0.5) is 0 Å². The minimum Gasteiger partial charge on any atom is -0.306 e. The highest BCUT2D eigenvalue weighted by molar-refractivity contribution is 5.80. The average Bonchev–Trinajstić information content (AvgIpc) is 2.53. The van der Waals surface area contributed by atoms with E-state index in [2.05, 4.69) is 15.5 Å². The van der Waals surface area contributed by atoms with Crippen LogP contribution in [0.1, 0.15) is 31.4 Å². The Bertz CT molecular complexity index is 294. The second-order valence-corrected chi connectivity index (χ2v) is 3.60. The molecule has 1 aromatic heterocycles. The molecular weight excluding hydrogens is 166 g/mol. The predicted octanol–water partition coefficient (Wildman–Crippen LogP) is 0.792. The van der Waals surface area contributed by atoms with Crippen LogP contribution in [0.2, 0.25) is 0 Å². The van der Waals surface area contributed by atoms with Crippen molar-refractivity contribution in [2.45, 2.75) is 31.8 Å². The maximum Gasteiger partial charge on any atom is 0.136 e. The largest absolute Gasteiger partial charge is 0.306 e. The summed E-state index contributed by atoms with van der Waals surface area (Å²) in [6.07, 6.45) is 4.84. The van der Waals surface area contributed by atoms with Crippen molar-refractivity contribution in [3.8, 4) is 0 Å². The number of rotatable bonds is 1. The second-order valence-electron chi connectivity index (χ2n) is 3.60. The highest BCUT2D eigenvalue weighted by Crippen LogP contribution is 2.22. The first-order chi connectivity index (χ1) is 6.25. The molecule has 1 aromatic rings. The summed E-state index contributed by atoms with van der Waals surface area (Å²) in [6, 6.07) is 0.427. The summed E-state index contributed by atoms with van der Waals surface area (Å²) in [6.45, 7) is 2.03. The molecule has 1 fully saturated rings. The number of piperidine rings is 1. The monoisotopic (exact) mass is 179 g/mol. The van der Waals surface area contributed by atoms with E-state index in [0.29, 0.717) is 18.6 Å². The van der Waals surface area contributed by atoms with Gasteiger partial charge < -0.3 is 5.32 Å². The standard InChI is InChI=1S/C9H13N3O/c1-6-2-8(13)3-9(12-6)7-4-10-11-5-7/h4-6,9,12H,2-3H2,1H3,(H,10,11). The highest BCUT2D eigenvalue weighted by atomic mass is 16.1. The zero-order chi connectivity index (χ0) is 9.26. The Morgan fingerprint density at radius 2 is 2.38 bits per heavy atom. The second kappa shape index (κ2) is 3.30. The molecule has 0 spiro atoms. The van der Waals surface area contributed by atoms with Gasteiger partial charge in [0.05, 0.1) is 6.20 Å². The molecular formula is C9H13N3O. The molecule has 2 N–H and O–H groups in total. The molecule has 0 aliphatic carbocycles. The Kier molecular flexibility index (Phi) is 2.14. The smallest absolute Gasteiger partial charge is 0.136 e. The average molecular weight is 179 g/mol. The number of hydrogen-bond donors (Lipinski definition) is 2. The number of aromatic nitrogens is 2. The molecule has 0 saturated carbocycles. The van der Waals surface area contributed by atoms with E-state index in [0.717, 1.165) is 5.56 Å². The molecule has 0 aromatic carbocycles. The fourth-order valence-corrected chi connectivity index (χ4v) is 1.78. The van der Waals surface area contributed by atoms with Crippen LogP contribution < -0.4 is 5.32 Å². The lowest BCUT2D eigenvalue weighted by Gasteiger charge is -2.26. The van der Waals surface area contributed by atoms with E-state index in [1.54, 1.807) is 6.20 Å². The van der Waals surface area contributed by atoms with Crippen molar-refractivity contribution in [1.82, 2.24) is 15.5 Å². The third-order valence-corrected chi connectivity index (χ3v) is 2.37. The Balaban J connectivity index is 2.12. The van der Waals surface area contributed by atoms with Crippen molar-refractivity contribution >= 4 is 5.78 Å². The lowest BCUT2D eigenvalue weighted by atomic mass is 9.95. The van der Waals surface area contributed by atoms with Gasteiger partial charge in [-0.05, 0) is 6.92 Å². The molecule has 1 saturated heterocycles. The van der Waals surface area contributed by atoms with Crippen LogP contribution in [0.3, 0.4) is 0 Å². The minimum atomic E-state index is 0.148. The normalized spacial score (nSPS) is 29.2. The number of H-pyrrole nitrogens is 1. The van der Waals surface area contributed by atoms with Gasteiger partial charge >= 0.3 is 0 Å². The van der Waals surface area contributed by atoms with Crippen LogP contribution in [0.5, 0.6) is 0 Å². The summed E-state index contributed by atoms with van der Waals surface area (Å²) in [7, 11) is 0. The number of nitrogens with one attached hydrogen (secondary N) is 2. The fourth-order valence-electron chi connectivity index (χ4n) is 1.78. The van der Waals surface area contributed by atoms with Crippen molar-refractivity contribution in [1.29, 1.82) is 0 Å². The molecule has 1 aliphatic rings. The molecule has 4 heteroatoms. The Labute approximate surface area is 76.7 Å². The van der Waals surface area contributed by atoms with Gasteiger partial charge in [0.1, 0.15) is 5.78 Å². The van der Waals surface area contributed by atoms with Crippen LogP contribution in [0, 0.1) is 0 Å². The molecule has 2 atom stereocenters. The van der Waals surface area contributed by atoms with Gasteiger partial charge in [-0.15, -0.1) is 0 Å². The van der Waals surface area contributed by atoms with Gasteiger partial charge in [-0.3, -0.25) is 9.89 Å². The van der Waals surface area contributed by atoms with Gasteiger partial charge in [-0.25, -0.2) is 0 Å². The zero-order valence-corrected chi connectivity index (χ0v) is 7.58. The highest BCUT2D eigenvalue weighted by Gasteiger charge is 2.25. The van der Waals surface area contributed by atoms with E-state index in [9.17, 15) is 4.79 Å². The van der Waals surface area contributed by atoms with Crippen LogP contribution in [0.25, 0.3) is 0 Å². The topological polar surface area (TPSA) is 57.8 Å². The van der Waals surface area contributed by atoms with Crippen molar-refractivity contribution in [3.63, 3.8) is 0 Å². The number of nitrogens with zero attached hydrogens (tertiary/aromatic N) is 1. The van der Waals surface area contributed by atoms with Gasteiger partial charge in [-0.1, -0.05) is 0 Å². The summed E-state index contributed by atoms with van der Waals surface area (Å²) >= 11 is 0. The molecule has 0 amide bonds. The molecule has 2 heterocycles. The predicted molar refractivity (Wildman–Crippen MR) is 48.2 cm³/mol. The zero-order valence-electron chi connectivity index (χ0n) is 7.58. The summed E-state index contributed by atoms with van der Waals surface area (Å²) in [5, 5.41) is 9.99. The van der Waals surface area contributed by atoms with Crippen molar-refractivity contribution in [2.75, 3.05) is 0 Å². The van der Waals surface area contributed by atoms with Gasteiger partial charge in [0.25, 0.3) is 0 Å². The Morgan fingerprint density at radius 3 is 3.00 bits per heavy atom. The number of carbonyl (C=O) groups is 1.